The lowest BCUT2D eigenvalue weighted by molar-refractivity contribution is -0.114. The fourth-order valence-corrected chi connectivity index (χ4v) is 8.73. The predicted octanol–water partition coefficient (Wildman–Crippen LogP) is 14.4. The van der Waals surface area contributed by atoms with Crippen molar-refractivity contribution in [3.8, 4) is 55.6 Å². The van der Waals surface area contributed by atoms with Crippen molar-refractivity contribution < 1.29 is 9.90 Å². The zero-order valence-corrected chi connectivity index (χ0v) is 33.1. The van der Waals surface area contributed by atoms with Gasteiger partial charge in [0.2, 0.25) is 0 Å². The van der Waals surface area contributed by atoms with Crippen molar-refractivity contribution >= 4 is 49.1 Å². The van der Waals surface area contributed by atoms with E-state index in [-0.39, 0.29) is 11.5 Å². The molecule has 0 fully saturated rings. The summed E-state index contributed by atoms with van der Waals surface area (Å²) in [5.74, 6) is -0.0729. The fourth-order valence-electron chi connectivity index (χ4n) is 8.73. The molecule has 4 nitrogen and oxygen atoms in total. The van der Waals surface area contributed by atoms with Crippen molar-refractivity contribution in [1.29, 1.82) is 0 Å². The zero-order valence-electron chi connectivity index (χ0n) is 33.1. The van der Waals surface area contributed by atoms with Crippen LogP contribution in [0.4, 0.5) is 0 Å². The molecule has 0 aliphatic carbocycles. The first kappa shape index (κ1) is 36.6. The third kappa shape index (κ3) is 6.99. The molecule has 286 valence electrons. The quantitative estimate of drug-likeness (QED) is 0.0901. The number of aliphatic hydroxyl groups excluding tert-OH is 1. The highest BCUT2D eigenvalue weighted by Crippen LogP contribution is 2.42. The van der Waals surface area contributed by atoms with Gasteiger partial charge in [0.1, 0.15) is 0 Å². The van der Waals surface area contributed by atoms with E-state index in [0.29, 0.717) is 12.8 Å². The molecule has 0 amide bonds. The standard InChI is InChI=1S/C56H40N2O2/c1-36(59)30-47(60)25-22-37-10-2-3-13-48(37)44-33-45(51-16-6-4-14-49(51)40-23-26-53-42(31-40)20-18-38-11-8-28-57-55(38)53)35-46(34-44)52-17-7-5-15-50(52)41-24-27-54-43(32-41)21-19-39-12-9-29-58-56(39)54/h2-21,23-24,26-35,59H,22,25H2,1H3/b36-30-. The maximum absolute atomic E-state index is 12.7. The molecule has 1 N–H and O–H groups in total. The van der Waals surface area contributed by atoms with Gasteiger partial charge in [-0.25, -0.2) is 0 Å². The number of pyridine rings is 2. The number of hydrogen-bond acceptors (Lipinski definition) is 4. The first-order valence-corrected chi connectivity index (χ1v) is 20.3. The van der Waals surface area contributed by atoms with Crippen molar-refractivity contribution in [2.75, 3.05) is 0 Å². The maximum Gasteiger partial charge on any atom is 0.159 e. The van der Waals surface area contributed by atoms with Gasteiger partial charge in [-0.3, -0.25) is 14.8 Å². The Hall–Kier alpha value is -7.69. The number of benzene rings is 8. The Kier molecular flexibility index (Phi) is 9.51. The summed E-state index contributed by atoms with van der Waals surface area (Å²) in [5, 5.41) is 16.6. The molecular weight excluding hydrogens is 733 g/mol. The van der Waals surface area contributed by atoms with Crippen LogP contribution in [0.1, 0.15) is 18.9 Å². The SMILES string of the molecule is C/C(O)=C/C(=O)CCc1ccccc1-c1cc(-c2ccccc2-c2ccc3c(ccc4cccnc43)c2)cc(-c2ccccc2-c2ccc3c(ccc4cccnc43)c2)c1. The molecule has 8 aromatic carbocycles. The third-order valence-corrected chi connectivity index (χ3v) is 11.5. The van der Waals surface area contributed by atoms with Gasteiger partial charge in [0.15, 0.2) is 5.78 Å². The minimum absolute atomic E-state index is 0.0239. The second-order valence-electron chi connectivity index (χ2n) is 15.5. The third-order valence-electron chi connectivity index (χ3n) is 11.5. The number of carbonyl (C=O) groups excluding carboxylic acids is 1. The van der Waals surface area contributed by atoms with E-state index in [1.54, 1.807) is 0 Å². The highest BCUT2D eigenvalue weighted by Gasteiger charge is 2.17. The van der Waals surface area contributed by atoms with Crippen LogP contribution >= 0.6 is 0 Å². The zero-order chi connectivity index (χ0) is 40.6. The minimum atomic E-state index is -0.0968. The van der Waals surface area contributed by atoms with Crippen molar-refractivity contribution in [3.05, 3.63) is 206 Å². The summed E-state index contributed by atoms with van der Waals surface area (Å²) in [7, 11) is 0. The van der Waals surface area contributed by atoms with E-state index >= 15 is 0 Å². The number of nitrogens with zero attached hydrogens (tertiary/aromatic N) is 2. The van der Waals surface area contributed by atoms with Crippen LogP contribution in [0.15, 0.2) is 200 Å². The van der Waals surface area contributed by atoms with E-state index in [9.17, 15) is 9.90 Å². The molecule has 0 aliphatic heterocycles. The van der Waals surface area contributed by atoms with Crippen molar-refractivity contribution in [2.24, 2.45) is 0 Å². The number of ketones is 1. The molecular formula is C56H40N2O2. The molecule has 0 unspecified atom stereocenters. The lowest BCUT2D eigenvalue weighted by atomic mass is 9.86. The van der Waals surface area contributed by atoms with Gasteiger partial charge in [0.05, 0.1) is 16.8 Å². The highest BCUT2D eigenvalue weighted by molar-refractivity contribution is 6.08. The van der Waals surface area contributed by atoms with Crippen LogP contribution in [0.3, 0.4) is 0 Å². The molecule has 0 aliphatic rings. The van der Waals surface area contributed by atoms with E-state index < -0.39 is 0 Å². The second kappa shape index (κ2) is 15.6. The number of aromatic nitrogens is 2. The Morgan fingerprint density at radius 2 is 0.900 bits per heavy atom. The minimum Gasteiger partial charge on any atom is -0.512 e. The Bertz CT molecular complexity index is 3140. The molecule has 2 heterocycles. The van der Waals surface area contributed by atoms with Crippen LogP contribution in [0.2, 0.25) is 0 Å². The number of fused-ring (bicyclic) bond motifs is 6. The van der Waals surface area contributed by atoms with E-state index in [2.05, 4.69) is 158 Å². The van der Waals surface area contributed by atoms with Crippen LogP contribution in [-0.4, -0.2) is 20.9 Å². The predicted molar refractivity (Wildman–Crippen MR) is 249 cm³/mol. The highest BCUT2D eigenvalue weighted by atomic mass is 16.3. The average molecular weight is 773 g/mol. The van der Waals surface area contributed by atoms with E-state index in [1.165, 1.54) is 13.0 Å². The van der Waals surface area contributed by atoms with Crippen molar-refractivity contribution in [3.63, 3.8) is 0 Å². The summed E-state index contributed by atoms with van der Waals surface area (Å²) in [4.78, 5) is 22.2. The first-order chi connectivity index (χ1) is 29.5. The van der Waals surface area contributed by atoms with Crippen LogP contribution in [0.5, 0.6) is 0 Å². The Labute approximate surface area is 348 Å². The Morgan fingerprint density at radius 3 is 1.40 bits per heavy atom. The largest absolute Gasteiger partial charge is 0.512 e. The normalized spacial score (nSPS) is 11.8. The average Bonchev–Trinajstić information content (AvgIpc) is 3.30. The molecule has 60 heavy (non-hydrogen) atoms. The number of rotatable bonds is 9. The van der Waals surface area contributed by atoms with Gasteiger partial charge in [-0.2, -0.15) is 0 Å². The fraction of sp³-hybridized carbons (Fsp3) is 0.0536. The molecule has 0 atom stereocenters. The molecule has 4 heteroatoms. The van der Waals surface area contributed by atoms with Gasteiger partial charge in [0.25, 0.3) is 0 Å². The molecule has 10 aromatic rings. The monoisotopic (exact) mass is 772 g/mol. The van der Waals surface area contributed by atoms with E-state index in [1.807, 2.05) is 30.6 Å². The lowest BCUT2D eigenvalue weighted by Gasteiger charge is -2.18. The van der Waals surface area contributed by atoms with Gasteiger partial charge in [0, 0.05) is 46.4 Å². The van der Waals surface area contributed by atoms with Crippen molar-refractivity contribution in [1.82, 2.24) is 9.97 Å². The Morgan fingerprint density at radius 1 is 0.467 bits per heavy atom. The smallest absolute Gasteiger partial charge is 0.159 e. The molecule has 0 radical (unpaired) electrons. The van der Waals surface area contributed by atoms with Crippen LogP contribution < -0.4 is 0 Å². The van der Waals surface area contributed by atoms with Crippen LogP contribution in [0.25, 0.3) is 99.0 Å². The van der Waals surface area contributed by atoms with Gasteiger partial charge < -0.3 is 5.11 Å². The molecule has 0 spiro atoms. The number of carbonyl (C=O) groups is 1. The second-order valence-corrected chi connectivity index (χ2v) is 15.5. The summed E-state index contributed by atoms with van der Waals surface area (Å²) in [6, 6.07) is 62.7. The van der Waals surface area contributed by atoms with Gasteiger partial charge in [-0.15, -0.1) is 0 Å². The lowest BCUT2D eigenvalue weighted by Crippen LogP contribution is -1.99. The summed E-state index contributed by atoms with van der Waals surface area (Å²) >= 11 is 0. The maximum atomic E-state index is 12.7. The molecule has 0 saturated heterocycles. The van der Waals surface area contributed by atoms with Crippen molar-refractivity contribution in [2.45, 2.75) is 19.8 Å². The van der Waals surface area contributed by atoms with E-state index in [0.717, 1.165) is 105 Å². The summed E-state index contributed by atoms with van der Waals surface area (Å²) in [6.45, 7) is 1.53. The van der Waals surface area contributed by atoms with Gasteiger partial charge in [-0.1, -0.05) is 133 Å². The molecule has 10 rings (SSSR count). The van der Waals surface area contributed by atoms with Gasteiger partial charge >= 0.3 is 0 Å². The van der Waals surface area contributed by atoms with Crippen LogP contribution in [-0.2, 0) is 11.2 Å². The van der Waals surface area contributed by atoms with E-state index in [4.69, 9.17) is 9.97 Å². The topological polar surface area (TPSA) is 63.1 Å². The molecule has 2 aromatic heterocycles. The van der Waals surface area contributed by atoms with Crippen LogP contribution in [0, 0.1) is 0 Å². The molecule has 0 saturated carbocycles. The molecule has 0 bridgehead atoms. The number of hydrogen-bond donors (Lipinski definition) is 1. The summed E-state index contributed by atoms with van der Waals surface area (Å²) in [6.07, 6.45) is 5.87. The Balaban J connectivity index is 1.14. The van der Waals surface area contributed by atoms with Gasteiger partial charge in [-0.05, 0) is 128 Å². The number of allylic oxidation sites excluding steroid dienone is 2. The summed E-state index contributed by atoms with van der Waals surface area (Å²) in [5.41, 5.74) is 14.2. The summed E-state index contributed by atoms with van der Waals surface area (Å²) < 4.78 is 0. The number of aryl methyl sites for hydroxylation is 1. The number of aliphatic hydroxyl groups is 1. The first-order valence-electron chi connectivity index (χ1n) is 20.3.